The number of fused-ring (bicyclic) bond motifs is 3. The predicted molar refractivity (Wildman–Crippen MR) is 110 cm³/mol. The highest BCUT2D eigenvalue weighted by Gasteiger charge is 2.42. The molecule has 3 aromatic rings. The van der Waals surface area contributed by atoms with Crippen LogP contribution >= 0.6 is 22.9 Å². The summed E-state index contributed by atoms with van der Waals surface area (Å²) in [6.45, 7) is 0.650. The lowest BCUT2D eigenvalue weighted by atomic mass is 9.92. The molecule has 170 valence electrons. The van der Waals surface area contributed by atoms with Crippen molar-refractivity contribution >= 4 is 46.1 Å². The number of aromatic nitrogens is 2. The number of anilines is 1. The normalized spacial score (nSPS) is 21.2. The number of rotatable bonds is 3. The van der Waals surface area contributed by atoms with Gasteiger partial charge in [0, 0.05) is 24.7 Å². The third-order valence-corrected chi connectivity index (χ3v) is 6.75. The van der Waals surface area contributed by atoms with Gasteiger partial charge in [0.1, 0.15) is 5.01 Å². The standard InChI is InChI=1S/C19H16ClF3N4O4S/c20-12-6-11(16-24-4-5-32-16)14-13(15(12)31-19(21,22)23)25-17(30-14)26-7-9-2-1-3-10(8-26)27(9)18(28)29/h4-6,9-10H,1-3,7-8H2,(H,28,29). The maximum absolute atomic E-state index is 13.0. The summed E-state index contributed by atoms with van der Waals surface area (Å²) in [5.41, 5.74) is 0.308. The largest absolute Gasteiger partial charge is 0.573 e. The zero-order valence-electron chi connectivity index (χ0n) is 16.3. The van der Waals surface area contributed by atoms with E-state index in [1.807, 2.05) is 0 Å². The molecule has 2 bridgehead atoms. The first kappa shape index (κ1) is 21.1. The summed E-state index contributed by atoms with van der Waals surface area (Å²) in [7, 11) is 0. The van der Waals surface area contributed by atoms with Crippen molar-refractivity contribution in [3.05, 3.63) is 22.7 Å². The van der Waals surface area contributed by atoms with Crippen LogP contribution in [0.4, 0.5) is 24.0 Å². The Labute approximate surface area is 188 Å². The van der Waals surface area contributed by atoms with E-state index in [9.17, 15) is 23.1 Å². The van der Waals surface area contributed by atoms with Gasteiger partial charge in [0.2, 0.25) is 0 Å². The SMILES string of the molecule is O=C(O)N1C2CCCC1CN(c1nc3c(OC(F)(F)F)c(Cl)cc(-c4nccs4)c3o1)C2. The topological polar surface area (TPSA) is 91.9 Å². The van der Waals surface area contributed by atoms with Crippen LogP contribution in [0.5, 0.6) is 5.75 Å². The number of carboxylic acid groups (broad SMARTS) is 1. The molecule has 0 aliphatic carbocycles. The molecule has 2 atom stereocenters. The molecule has 2 aliphatic rings. The summed E-state index contributed by atoms with van der Waals surface area (Å²) in [5.74, 6) is -0.645. The lowest BCUT2D eigenvalue weighted by molar-refractivity contribution is -0.274. The van der Waals surface area contributed by atoms with Gasteiger partial charge < -0.3 is 19.2 Å². The molecule has 2 fully saturated rings. The van der Waals surface area contributed by atoms with E-state index in [0.717, 1.165) is 6.42 Å². The van der Waals surface area contributed by atoms with Crippen LogP contribution in [0.2, 0.25) is 5.02 Å². The molecule has 13 heteroatoms. The highest BCUT2D eigenvalue weighted by Crippen LogP contribution is 2.44. The van der Waals surface area contributed by atoms with Gasteiger partial charge in [0.25, 0.3) is 6.01 Å². The molecule has 4 heterocycles. The molecule has 2 aliphatic heterocycles. The highest BCUT2D eigenvalue weighted by molar-refractivity contribution is 7.13. The number of oxazole rings is 1. The monoisotopic (exact) mass is 488 g/mol. The van der Waals surface area contributed by atoms with Crippen molar-refractivity contribution in [2.75, 3.05) is 18.0 Å². The van der Waals surface area contributed by atoms with E-state index in [4.69, 9.17) is 16.0 Å². The molecule has 1 N–H and O–H groups in total. The zero-order valence-corrected chi connectivity index (χ0v) is 17.9. The van der Waals surface area contributed by atoms with Crippen molar-refractivity contribution in [1.82, 2.24) is 14.9 Å². The van der Waals surface area contributed by atoms with E-state index in [1.165, 1.54) is 22.3 Å². The fourth-order valence-corrected chi connectivity index (χ4v) is 5.34. The molecule has 5 rings (SSSR count). The summed E-state index contributed by atoms with van der Waals surface area (Å²) < 4.78 is 49.2. The van der Waals surface area contributed by atoms with Crippen LogP contribution in [0.25, 0.3) is 21.7 Å². The summed E-state index contributed by atoms with van der Waals surface area (Å²) in [4.78, 5) is 23.4. The molecule has 2 saturated heterocycles. The Morgan fingerprint density at radius 2 is 2.03 bits per heavy atom. The van der Waals surface area contributed by atoms with Crippen LogP contribution in [-0.4, -0.2) is 57.6 Å². The summed E-state index contributed by atoms with van der Waals surface area (Å²) >= 11 is 7.42. The maximum atomic E-state index is 13.0. The molecule has 1 aromatic carbocycles. The number of hydrogen-bond donors (Lipinski definition) is 1. The fraction of sp³-hybridized carbons (Fsp3) is 0.421. The number of nitrogens with zero attached hydrogens (tertiary/aromatic N) is 4. The number of amides is 1. The predicted octanol–water partition coefficient (Wildman–Crippen LogP) is 5.22. The molecule has 8 nitrogen and oxygen atoms in total. The van der Waals surface area contributed by atoms with Gasteiger partial charge in [0.05, 0.1) is 22.7 Å². The molecular formula is C19H16ClF3N4O4S. The highest BCUT2D eigenvalue weighted by atomic mass is 35.5. The third-order valence-electron chi connectivity index (χ3n) is 5.66. The van der Waals surface area contributed by atoms with E-state index >= 15 is 0 Å². The Hall–Kier alpha value is -2.73. The lowest BCUT2D eigenvalue weighted by Crippen LogP contribution is -2.62. The van der Waals surface area contributed by atoms with E-state index in [-0.39, 0.29) is 34.2 Å². The van der Waals surface area contributed by atoms with Crippen LogP contribution in [-0.2, 0) is 0 Å². The average molecular weight is 489 g/mol. The van der Waals surface area contributed by atoms with Crippen LogP contribution in [0.3, 0.4) is 0 Å². The Morgan fingerprint density at radius 1 is 1.31 bits per heavy atom. The first-order chi connectivity index (χ1) is 15.2. The number of halogens is 4. The van der Waals surface area contributed by atoms with Crippen molar-refractivity contribution in [2.24, 2.45) is 0 Å². The first-order valence-corrected chi connectivity index (χ1v) is 11.0. The Bertz CT molecular complexity index is 1160. The van der Waals surface area contributed by atoms with Gasteiger partial charge >= 0.3 is 12.5 Å². The van der Waals surface area contributed by atoms with E-state index in [2.05, 4.69) is 14.7 Å². The minimum Gasteiger partial charge on any atom is -0.465 e. The second-order valence-corrected chi connectivity index (χ2v) is 8.93. The van der Waals surface area contributed by atoms with Crippen molar-refractivity contribution in [3.63, 3.8) is 0 Å². The number of piperidine rings is 1. The molecule has 0 spiro atoms. The van der Waals surface area contributed by atoms with E-state index < -0.39 is 18.2 Å². The smallest absolute Gasteiger partial charge is 0.465 e. The Balaban J connectivity index is 1.60. The average Bonchev–Trinajstić information content (AvgIpc) is 3.38. The molecule has 1 amide bonds. The molecule has 2 unspecified atom stereocenters. The van der Waals surface area contributed by atoms with Crippen molar-refractivity contribution in [1.29, 1.82) is 0 Å². The van der Waals surface area contributed by atoms with Crippen molar-refractivity contribution in [2.45, 2.75) is 37.7 Å². The van der Waals surface area contributed by atoms with Crippen molar-refractivity contribution in [3.8, 4) is 16.3 Å². The fourth-order valence-electron chi connectivity index (χ4n) is 4.46. The van der Waals surface area contributed by atoms with E-state index in [0.29, 0.717) is 36.5 Å². The van der Waals surface area contributed by atoms with Crippen LogP contribution < -0.4 is 9.64 Å². The zero-order chi connectivity index (χ0) is 22.6. The van der Waals surface area contributed by atoms with Crippen LogP contribution in [0.15, 0.2) is 22.1 Å². The number of alkyl halides is 3. The number of piperazine rings is 1. The molecule has 0 saturated carbocycles. The Morgan fingerprint density at radius 3 is 2.62 bits per heavy atom. The van der Waals surface area contributed by atoms with Gasteiger partial charge in [-0.1, -0.05) is 11.6 Å². The van der Waals surface area contributed by atoms with Gasteiger partial charge in [-0.15, -0.1) is 24.5 Å². The number of carbonyl (C=O) groups is 1. The third kappa shape index (κ3) is 3.71. The van der Waals surface area contributed by atoms with Gasteiger partial charge in [-0.2, -0.15) is 4.98 Å². The van der Waals surface area contributed by atoms with Crippen LogP contribution in [0.1, 0.15) is 19.3 Å². The Kier molecular flexibility index (Phi) is 5.08. The van der Waals surface area contributed by atoms with Gasteiger partial charge in [-0.25, -0.2) is 9.78 Å². The summed E-state index contributed by atoms with van der Waals surface area (Å²) in [6.07, 6.45) is -2.09. The molecule has 32 heavy (non-hydrogen) atoms. The van der Waals surface area contributed by atoms with Gasteiger partial charge in [-0.05, 0) is 25.3 Å². The number of hydrogen-bond acceptors (Lipinski definition) is 7. The van der Waals surface area contributed by atoms with E-state index in [1.54, 1.807) is 16.5 Å². The minimum absolute atomic E-state index is 0.0735. The van der Waals surface area contributed by atoms with Gasteiger partial charge in [-0.3, -0.25) is 4.90 Å². The second kappa shape index (κ2) is 7.69. The number of ether oxygens (including phenoxy) is 1. The molecule has 2 aromatic heterocycles. The van der Waals surface area contributed by atoms with Crippen molar-refractivity contribution < 1.29 is 32.2 Å². The first-order valence-electron chi connectivity index (χ1n) is 9.76. The van der Waals surface area contributed by atoms with Crippen LogP contribution in [0, 0.1) is 0 Å². The molecule has 0 radical (unpaired) electrons. The maximum Gasteiger partial charge on any atom is 0.573 e. The quantitative estimate of drug-likeness (QED) is 0.540. The number of thiazole rings is 1. The second-order valence-electron chi connectivity index (χ2n) is 7.63. The van der Waals surface area contributed by atoms with Gasteiger partial charge in [0.15, 0.2) is 16.8 Å². The lowest BCUT2D eigenvalue weighted by Gasteiger charge is -2.48. The summed E-state index contributed by atoms with van der Waals surface area (Å²) in [6, 6.07) is 0.912. The summed E-state index contributed by atoms with van der Waals surface area (Å²) in [5, 5.41) is 11.5. The molecular weight excluding hydrogens is 473 g/mol. The minimum atomic E-state index is -4.97. The number of benzene rings is 1.